The second-order valence-corrected chi connectivity index (χ2v) is 6.44. The molecule has 1 aromatic carbocycles. The van der Waals surface area contributed by atoms with Crippen LogP contribution in [0, 0.1) is 5.82 Å². The van der Waals surface area contributed by atoms with Gasteiger partial charge >= 0.3 is 7.82 Å². The normalized spacial score (nSPS) is 12.1. The van der Waals surface area contributed by atoms with Crippen molar-refractivity contribution in [2.75, 3.05) is 0 Å². The summed E-state index contributed by atoms with van der Waals surface area (Å²) in [7, 11) is -4.67. The summed E-state index contributed by atoms with van der Waals surface area (Å²) in [5.74, 6) is -0.363. The van der Waals surface area contributed by atoms with Crippen molar-refractivity contribution in [3.63, 3.8) is 0 Å². The van der Waals surface area contributed by atoms with Gasteiger partial charge < -0.3 is 4.52 Å². The van der Waals surface area contributed by atoms with Crippen LogP contribution in [0.4, 0.5) is 4.39 Å². The van der Waals surface area contributed by atoms with Gasteiger partial charge in [0, 0.05) is 6.20 Å². The summed E-state index contributed by atoms with van der Waals surface area (Å²) in [5.41, 5.74) is 1.70. The topological polar surface area (TPSA) is 79.7 Å². The Morgan fingerprint density at radius 3 is 2.52 bits per heavy atom. The minimum atomic E-state index is -4.67. The molecule has 2 aromatic rings. The lowest BCUT2D eigenvalue weighted by Crippen LogP contribution is -2.00. The molecular formula is C16H17FNO4P. The second kappa shape index (κ2) is 7.04. The lowest BCUT2D eigenvalue weighted by molar-refractivity contribution is 0.281. The van der Waals surface area contributed by atoms with Gasteiger partial charge in [-0.1, -0.05) is 38.1 Å². The fourth-order valence-corrected chi connectivity index (χ4v) is 2.40. The summed E-state index contributed by atoms with van der Waals surface area (Å²) in [6, 6.07) is 7.55. The maximum absolute atomic E-state index is 13.1. The molecule has 0 radical (unpaired) electrons. The van der Waals surface area contributed by atoms with Crippen molar-refractivity contribution in [2.24, 2.45) is 0 Å². The number of halogens is 1. The molecular weight excluding hydrogens is 320 g/mol. The average molecular weight is 337 g/mol. The quantitative estimate of drug-likeness (QED) is 0.807. The monoisotopic (exact) mass is 337 g/mol. The van der Waals surface area contributed by atoms with E-state index < -0.39 is 7.82 Å². The summed E-state index contributed by atoms with van der Waals surface area (Å²) in [6.07, 6.45) is 4.91. The third kappa shape index (κ3) is 5.28. The van der Waals surface area contributed by atoms with E-state index in [2.05, 4.69) is 4.98 Å². The van der Waals surface area contributed by atoms with Gasteiger partial charge in [0.15, 0.2) is 5.75 Å². The van der Waals surface area contributed by atoms with Gasteiger partial charge in [0.25, 0.3) is 0 Å². The van der Waals surface area contributed by atoms with E-state index in [4.69, 9.17) is 14.3 Å². The molecule has 0 spiro atoms. The van der Waals surface area contributed by atoms with Crippen LogP contribution in [0.1, 0.15) is 36.6 Å². The van der Waals surface area contributed by atoms with E-state index in [1.807, 2.05) is 13.8 Å². The second-order valence-electron chi connectivity index (χ2n) is 5.28. The van der Waals surface area contributed by atoms with Crippen LogP contribution >= 0.6 is 7.82 Å². The van der Waals surface area contributed by atoms with Gasteiger partial charge in [-0.05, 0) is 35.2 Å². The van der Waals surface area contributed by atoms with E-state index in [-0.39, 0.29) is 17.5 Å². The summed E-state index contributed by atoms with van der Waals surface area (Å²) in [6.45, 7) is 3.69. The Hall–Kier alpha value is -2.01. The van der Waals surface area contributed by atoms with Gasteiger partial charge in [-0.15, -0.1) is 0 Å². The van der Waals surface area contributed by atoms with E-state index in [1.54, 1.807) is 30.5 Å². The Labute approximate surface area is 133 Å². The van der Waals surface area contributed by atoms with Crippen molar-refractivity contribution in [1.29, 1.82) is 0 Å². The van der Waals surface area contributed by atoms with E-state index in [0.717, 1.165) is 0 Å². The van der Waals surface area contributed by atoms with Crippen molar-refractivity contribution >= 4 is 20.0 Å². The number of aromatic nitrogens is 1. The predicted octanol–water partition coefficient (Wildman–Crippen LogP) is 3.99. The van der Waals surface area contributed by atoms with Crippen LogP contribution in [0.15, 0.2) is 36.5 Å². The number of pyridine rings is 1. The molecule has 122 valence electrons. The SMILES string of the molecule is CC(C)c1ncc(C=Cc2cccc(F)c2)cc1OP(=O)(O)O. The van der Waals surface area contributed by atoms with Crippen LogP contribution in [0.3, 0.4) is 0 Å². The zero-order valence-electron chi connectivity index (χ0n) is 12.7. The summed E-state index contributed by atoms with van der Waals surface area (Å²) in [5, 5.41) is 0. The van der Waals surface area contributed by atoms with Gasteiger partial charge in [0.2, 0.25) is 0 Å². The van der Waals surface area contributed by atoms with E-state index in [0.29, 0.717) is 16.8 Å². The van der Waals surface area contributed by atoms with E-state index >= 15 is 0 Å². The number of nitrogens with zero attached hydrogens (tertiary/aromatic N) is 1. The van der Waals surface area contributed by atoms with Gasteiger partial charge in [-0.25, -0.2) is 8.96 Å². The fourth-order valence-electron chi connectivity index (χ4n) is 2.00. The molecule has 0 bridgehead atoms. The average Bonchev–Trinajstić information content (AvgIpc) is 2.43. The number of phosphoric ester groups is 1. The number of phosphoric acid groups is 1. The Morgan fingerprint density at radius 1 is 1.22 bits per heavy atom. The third-order valence-corrected chi connectivity index (χ3v) is 3.42. The molecule has 0 fully saturated rings. The third-order valence-electron chi connectivity index (χ3n) is 2.98. The summed E-state index contributed by atoms with van der Waals surface area (Å²) >= 11 is 0. The highest BCUT2D eigenvalue weighted by Gasteiger charge is 2.20. The van der Waals surface area contributed by atoms with Gasteiger partial charge in [0.05, 0.1) is 5.69 Å². The largest absolute Gasteiger partial charge is 0.524 e. The molecule has 0 unspecified atom stereocenters. The highest BCUT2D eigenvalue weighted by atomic mass is 31.2. The minimum absolute atomic E-state index is 0.0368. The lowest BCUT2D eigenvalue weighted by atomic mass is 10.1. The number of rotatable bonds is 5. The summed E-state index contributed by atoms with van der Waals surface area (Å²) in [4.78, 5) is 22.2. The number of hydrogen-bond acceptors (Lipinski definition) is 3. The molecule has 0 saturated heterocycles. The van der Waals surface area contributed by atoms with Crippen LogP contribution < -0.4 is 4.52 Å². The van der Waals surface area contributed by atoms with Crippen LogP contribution in [0.5, 0.6) is 5.75 Å². The number of hydrogen-bond donors (Lipinski definition) is 2. The van der Waals surface area contributed by atoms with Crippen LogP contribution in [0.2, 0.25) is 0 Å². The number of benzene rings is 1. The first kappa shape index (κ1) is 17.3. The smallest absolute Gasteiger partial charge is 0.402 e. The molecule has 2 N–H and O–H groups in total. The molecule has 0 amide bonds. The van der Waals surface area contributed by atoms with Crippen molar-refractivity contribution in [3.05, 3.63) is 59.2 Å². The zero-order valence-corrected chi connectivity index (χ0v) is 13.6. The molecule has 0 aliphatic rings. The highest BCUT2D eigenvalue weighted by molar-refractivity contribution is 7.46. The van der Waals surface area contributed by atoms with E-state index in [1.165, 1.54) is 18.2 Å². The standard InChI is InChI=1S/C16H17FNO4P/c1-11(2)16-15(22-23(19,20)21)9-13(10-18-16)7-6-12-4-3-5-14(17)8-12/h3-11H,1-2H3,(H2,19,20,21). The lowest BCUT2D eigenvalue weighted by Gasteiger charge is -2.13. The maximum atomic E-state index is 13.1. The Kier molecular flexibility index (Phi) is 5.31. The van der Waals surface area contributed by atoms with Crippen LogP contribution in [-0.4, -0.2) is 14.8 Å². The molecule has 5 nitrogen and oxygen atoms in total. The van der Waals surface area contributed by atoms with Crippen molar-refractivity contribution in [1.82, 2.24) is 4.98 Å². The first-order valence-electron chi connectivity index (χ1n) is 6.93. The predicted molar refractivity (Wildman–Crippen MR) is 86.3 cm³/mol. The van der Waals surface area contributed by atoms with Crippen molar-refractivity contribution in [2.45, 2.75) is 19.8 Å². The van der Waals surface area contributed by atoms with Gasteiger partial charge in [0.1, 0.15) is 5.82 Å². The van der Waals surface area contributed by atoms with Crippen molar-refractivity contribution < 1.29 is 23.3 Å². The van der Waals surface area contributed by atoms with Crippen LogP contribution in [0.25, 0.3) is 12.2 Å². The fraction of sp³-hybridized carbons (Fsp3) is 0.188. The molecule has 2 rings (SSSR count). The van der Waals surface area contributed by atoms with Gasteiger partial charge in [-0.2, -0.15) is 0 Å². The first-order valence-corrected chi connectivity index (χ1v) is 8.46. The highest BCUT2D eigenvalue weighted by Crippen LogP contribution is 2.40. The molecule has 0 saturated carbocycles. The Balaban J connectivity index is 2.33. The van der Waals surface area contributed by atoms with Crippen LogP contribution in [-0.2, 0) is 4.57 Å². The Morgan fingerprint density at radius 2 is 1.91 bits per heavy atom. The molecule has 0 atom stereocenters. The zero-order chi connectivity index (χ0) is 17.0. The first-order chi connectivity index (χ1) is 10.7. The molecule has 1 heterocycles. The maximum Gasteiger partial charge on any atom is 0.524 e. The molecule has 1 aromatic heterocycles. The minimum Gasteiger partial charge on any atom is -0.402 e. The Bertz CT molecular complexity index is 770. The molecule has 23 heavy (non-hydrogen) atoms. The molecule has 0 aliphatic heterocycles. The molecule has 7 heteroatoms. The van der Waals surface area contributed by atoms with Gasteiger partial charge in [-0.3, -0.25) is 14.8 Å². The van der Waals surface area contributed by atoms with Crippen molar-refractivity contribution in [3.8, 4) is 5.75 Å². The molecule has 0 aliphatic carbocycles. The van der Waals surface area contributed by atoms with E-state index in [9.17, 15) is 8.96 Å². The summed E-state index contributed by atoms with van der Waals surface area (Å²) < 4.78 is 28.9.